The van der Waals surface area contributed by atoms with Crippen LogP contribution < -0.4 is 5.73 Å². The second-order valence-electron chi connectivity index (χ2n) is 7.27. The van der Waals surface area contributed by atoms with Gasteiger partial charge in [-0.25, -0.2) is 0 Å². The Bertz CT molecular complexity index is 469. The minimum Gasteiger partial charge on any atom is -0.461 e. The molecule has 0 saturated heterocycles. The van der Waals surface area contributed by atoms with Crippen LogP contribution in [-0.2, 0) is 16.0 Å². The fourth-order valence-corrected chi connectivity index (χ4v) is 3.55. The van der Waals surface area contributed by atoms with Gasteiger partial charge in [0, 0.05) is 0 Å². The van der Waals surface area contributed by atoms with E-state index >= 15 is 0 Å². The lowest BCUT2D eigenvalue weighted by Gasteiger charge is -2.38. The molecule has 3 atom stereocenters. The molecule has 1 aromatic carbocycles. The van der Waals surface area contributed by atoms with Crippen molar-refractivity contribution in [2.45, 2.75) is 58.6 Å². The topological polar surface area (TPSA) is 52.3 Å². The van der Waals surface area contributed by atoms with E-state index in [-0.39, 0.29) is 17.5 Å². The molecule has 2 rings (SSSR count). The first-order chi connectivity index (χ1) is 9.85. The van der Waals surface area contributed by atoms with Crippen LogP contribution in [-0.4, -0.2) is 18.1 Å². The van der Waals surface area contributed by atoms with Crippen molar-refractivity contribution in [3.05, 3.63) is 35.9 Å². The van der Waals surface area contributed by atoms with Crippen LogP contribution in [0.15, 0.2) is 30.3 Å². The highest BCUT2D eigenvalue weighted by Gasteiger charge is 2.34. The number of rotatable bonds is 4. The van der Waals surface area contributed by atoms with Crippen molar-refractivity contribution in [1.29, 1.82) is 0 Å². The maximum absolute atomic E-state index is 12.2. The summed E-state index contributed by atoms with van der Waals surface area (Å²) < 4.78 is 5.67. The van der Waals surface area contributed by atoms with Gasteiger partial charge < -0.3 is 10.5 Å². The van der Waals surface area contributed by atoms with Crippen molar-refractivity contribution in [2.24, 2.45) is 17.1 Å². The lowest BCUT2D eigenvalue weighted by atomic mass is 9.71. The molecule has 1 fully saturated rings. The van der Waals surface area contributed by atoms with Crippen LogP contribution in [0.4, 0.5) is 0 Å². The van der Waals surface area contributed by atoms with Crippen molar-refractivity contribution in [3.8, 4) is 0 Å². The first-order valence-corrected chi connectivity index (χ1v) is 7.86. The third-order valence-electron chi connectivity index (χ3n) is 4.23. The standard InChI is InChI=1S/C18H27NO2/c1-13-9-15(12-18(2,3)11-13)21-17(20)16(19)10-14-7-5-4-6-8-14/h4-8,13,15-16H,9-12,19H2,1-3H3/t13?,15?,16-/m1/s1. The van der Waals surface area contributed by atoms with E-state index in [0.29, 0.717) is 12.3 Å². The average molecular weight is 289 g/mol. The van der Waals surface area contributed by atoms with E-state index in [1.807, 2.05) is 30.3 Å². The zero-order valence-corrected chi connectivity index (χ0v) is 13.3. The Morgan fingerprint density at radius 1 is 1.33 bits per heavy atom. The van der Waals surface area contributed by atoms with Crippen LogP contribution in [0.3, 0.4) is 0 Å². The smallest absolute Gasteiger partial charge is 0.323 e. The zero-order chi connectivity index (χ0) is 15.5. The molecule has 21 heavy (non-hydrogen) atoms. The molecule has 0 heterocycles. The van der Waals surface area contributed by atoms with Crippen LogP contribution in [0.1, 0.15) is 45.6 Å². The van der Waals surface area contributed by atoms with E-state index in [1.54, 1.807) is 0 Å². The number of hydrogen-bond donors (Lipinski definition) is 1. The highest BCUT2D eigenvalue weighted by molar-refractivity contribution is 5.76. The summed E-state index contributed by atoms with van der Waals surface area (Å²) in [5.74, 6) is 0.325. The van der Waals surface area contributed by atoms with Gasteiger partial charge in [0.1, 0.15) is 12.1 Å². The fraction of sp³-hybridized carbons (Fsp3) is 0.611. The van der Waals surface area contributed by atoms with E-state index < -0.39 is 6.04 Å². The van der Waals surface area contributed by atoms with E-state index in [4.69, 9.17) is 10.5 Å². The lowest BCUT2D eigenvalue weighted by Crippen LogP contribution is -2.40. The number of hydrogen-bond acceptors (Lipinski definition) is 3. The van der Waals surface area contributed by atoms with Crippen LogP contribution in [0.25, 0.3) is 0 Å². The average Bonchev–Trinajstić information content (AvgIpc) is 2.37. The Kier molecular flexibility index (Phi) is 5.04. The predicted octanol–water partition coefficient (Wildman–Crippen LogP) is 3.31. The number of benzene rings is 1. The molecule has 2 unspecified atom stereocenters. The molecule has 0 radical (unpaired) electrons. The van der Waals surface area contributed by atoms with Gasteiger partial charge in [-0.15, -0.1) is 0 Å². The Hall–Kier alpha value is -1.35. The Balaban J connectivity index is 1.88. The molecule has 2 N–H and O–H groups in total. The summed E-state index contributed by atoms with van der Waals surface area (Å²) in [5, 5.41) is 0. The predicted molar refractivity (Wildman–Crippen MR) is 84.8 cm³/mol. The Morgan fingerprint density at radius 3 is 2.62 bits per heavy atom. The van der Waals surface area contributed by atoms with Crippen molar-refractivity contribution < 1.29 is 9.53 Å². The summed E-state index contributed by atoms with van der Waals surface area (Å²) in [5.41, 5.74) is 7.31. The van der Waals surface area contributed by atoms with Gasteiger partial charge in [0.25, 0.3) is 0 Å². The van der Waals surface area contributed by atoms with Crippen LogP contribution in [0.5, 0.6) is 0 Å². The highest BCUT2D eigenvalue weighted by Crippen LogP contribution is 2.39. The molecule has 1 aromatic rings. The number of esters is 1. The van der Waals surface area contributed by atoms with Crippen molar-refractivity contribution >= 4 is 5.97 Å². The summed E-state index contributed by atoms with van der Waals surface area (Å²) in [6.07, 6.45) is 3.62. The molecule has 0 aromatic heterocycles. The molecule has 0 bridgehead atoms. The number of carbonyl (C=O) groups excluding carboxylic acids is 1. The van der Waals surface area contributed by atoms with Gasteiger partial charge in [-0.1, -0.05) is 51.1 Å². The maximum atomic E-state index is 12.2. The van der Waals surface area contributed by atoms with Gasteiger partial charge in [-0.3, -0.25) is 4.79 Å². The second-order valence-corrected chi connectivity index (χ2v) is 7.27. The summed E-state index contributed by atoms with van der Waals surface area (Å²) >= 11 is 0. The molecule has 116 valence electrons. The lowest BCUT2D eigenvalue weighted by molar-refractivity contribution is -0.155. The highest BCUT2D eigenvalue weighted by atomic mass is 16.5. The molecule has 0 spiro atoms. The van der Waals surface area contributed by atoms with Gasteiger partial charge in [-0.2, -0.15) is 0 Å². The molecule has 0 aliphatic heterocycles. The van der Waals surface area contributed by atoms with Gasteiger partial charge in [0.05, 0.1) is 0 Å². The number of carbonyl (C=O) groups is 1. The molecular weight excluding hydrogens is 262 g/mol. The zero-order valence-electron chi connectivity index (χ0n) is 13.3. The third-order valence-corrected chi connectivity index (χ3v) is 4.23. The van der Waals surface area contributed by atoms with Crippen molar-refractivity contribution in [1.82, 2.24) is 0 Å². The molecule has 1 aliphatic carbocycles. The van der Waals surface area contributed by atoms with E-state index in [1.165, 1.54) is 6.42 Å². The fourth-order valence-electron chi connectivity index (χ4n) is 3.55. The monoisotopic (exact) mass is 289 g/mol. The molecule has 1 saturated carbocycles. The summed E-state index contributed by atoms with van der Waals surface area (Å²) in [6, 6.07) is 9.27. The van der Waals surface area contributed by atoms with Crippen molar-refractivity contribution in [2.75, 3.05) is 0 Å². The minimum absolute atomic E-state index is 0.0121. The molecule has 3 nitrogen and oxygen atoms in total. The van der Waals surface area contributed by atoms with E-state index in [9.17, 15) is 4.79 Å². The number of ether oxygens (including phenoxy) is 1. The summed E-state index contributed by atoms with van der Waals surface area (Å²) in [4.78, 5) is 12.2. The molecular formula is C18H27NO2. The molecule has 3 heteroatoms. The normalized spacial score (nSPS) is 26.1. The van der Waals surface area contributed by atoms with Gasteiger partial charge in [0.2, 0.25) is 0 Å². The van der Waals surface area contributed by atoms with Gasteiger partial charge in [-0.05, 0) is 42.6 Å². The van der Waals surface area contributed by atoms with Crippen molar-refractivity contribution in [3.63, 3.8) is 0 Å². The molecule has 0 amide bonds. The van der Waals surface area contributed by atoms with Crippen LogP contribution in [0, 0.1) is 11.3 Å². The van der Waals surface area contributed by atoms with E-state index in [2.05, 4.69) is 20.8 Å². The summed E-state index contributed by atoms with van der Waals surface area (Å²) in [7, 11) is 0. The summed E-state index contributed by atoms with van der Waals surface area (Å²) in [6.45, 7) is 6.71. The largest absolute Gasteiger partial charge is 0.461 e. The van der Waals surface area contributed by atoms with Crippen LogP contribution >= 0.6 is 0 Å². The SMILES string of the molecule is CC1CC(OC(=O)[C@H](N)Cc2ccccc2)CC(C)(C)C1. The van der Waals surface area contributed by atoms with Gasteiger partial charge in [0.15, 0.2) is 0 Å². The number of nitrogens with two attached hydrogens (primary N) is 1. The first-order valence-electron chi connectivity index (χ1n) is 7.86. The van der Waals surface area contributed by atoms with Crippen LogP contribution in [0.2, 0.25) is 0 Å². The minimum atomic E-state index is -0.576. The quantitative estimate of drug-likeness (QED) is 0.865. The third kappa shape index (κ3) is 4.85. The molecule has 1 aliphatic rings. The Labute approximate surface area is 127 Å². The second kappa shape index (κ2) is 6.61. The van der Waals surface area contributed by atoms with Gasteiger partial charge >= 0.3 is 5.97 Å². The van der Waals surface area contributed by atoms with E-state index in [0.717, 1.165) is 18.4 Å². The maximum Gasteiger partial charge on any atom is 0.323 e. The first kappa shape index (κ1) is 16.0. The Morgan fingerprint density at radius 2 is 2.00 bits per heavy atom.